The highest BCUT2D eigenvalue weighted by Crippen LogP contribution is 2.15. The zero-order valence-electron chi connectivity index (χ0n) is 11.8. The highest BCUT2D eigenvalue weighted by Gasteiger charge is 2.22. The molecule has 1 atom stereocenters. The lowest BCUT2D eigenvalue weighted by molar-refractivity contribution is 0.267. The van der Waals surface area contributed by atoms with E-state index in [2.05, 4.69) is 27.2 Å². The smallest absolute Gasteiger partial charge is 0.189 e. The maximum atomic E-state index is 5.90. The maximum absolute atomic E-state index is 5.90. The number of hydrogen-bond acceptors (Lipinski definition) is 3. The molecule has 3 N–H and O–H groups in total. The Bertz CT molecular complexity index is 425. The molecule has 1 aromatic rings. The topological polar surface area (TPSA) is 71.5 Å². The number of guanidine groups is 1. The minimum atomic E-state index is 0.518. The Balaban J connectivity index is 1.77. The number of aliphatic imine (C=N–C) groups is 1. The van der Waals surface area contributed by atoms with Gasteiger partial charge in [-0.15, -0.1) is 0 Å². The van der Waals surface area contributed by atoms with E-state index in [0.29, 0.717) is 18.5 Å². The number of likely N-dealkylation sites (N-methyl/N-ethyl adjacent to an activating group) is 1. The number of nitrogens with two attached hydrogens (primary N) is 1. The third-order valence-corrected chi connectivity index (χ3v) is 3.76. The third kappa shape index (κ3) is 3.70. The van der Waals surface area contributed by atoms with Gasteiger partial charge < -0.3 is 11.1 Å². The van der Waals surface area contributed by atoms with E-state index >= 15 is 0 Å². The van der Waals surface area contributed by atoms with Crippen molar-refractivity contribution < 1.29 is 0 Å². The van der Waals surface area contributed by atoms with E-state index in [1.165, 1.54) is 19.4 Å². The number of likely N-dealkylation sites (tertiary alicyclic amines) is 1. The van der Waals surface area contributed by atoms with Crippen LogP contribution in [0.25, 0.3) is 0 Å². The molecule has 1 fully saturated rings. The summed E-state index contributed by atoms with van der Waals surface area (Å²) in [6.45, 7) is 5.97. The fourth-order valence-corrected chi connectivity index (χ4v) is 2.54. The van der Waals surface area contributed by atoms with Gasteiger partial charge in [-0.25, -0.2) is 4.99 Å². The van der Waals surface area contributed by atoms with Crippen LogP contribution >= 0.6 is 0 Å². The summed E-state index contributed by atoms with van der Waals surface area (Å²) in [5, 5.41) is 7.33. The Kier molecular flexibility index (Phi) is 4.79. The first-order valence-electron chi connectivity index (χ1n) is 6.95. The molecule has 0 radical (unpaired) electrons. The van der Waals surface area contributed by atoms with Crippen LogP contribution in [0.2, 0.25) is 0 Å². The number of nitrogens with one attached hydrogen (secondary N) is 1. The summed E-state index contributed by atoms with van der Waals surface area (Å²) in [7, 11) is 1.91. The highest BCUT2D eigenvalue weighted by molar-refractivity contribution is 5.77. The Hall–Kier alpha value is -1.56. The predicted molar refractivity (Wildman–Crippen MR) is 76.8 cm³/mol. The van der Waals surface area contributed by atoms with Crippen molar-refractivity contribution >= 4 is 5.96 Å². The van der Waals surface area contributed by atoms with Gasteiger partial charge in [0.1, 0.15) is 0 Å². The molecule has 0 bridgehead atoms. The Morgan fingerprint density at radius 1 is 1.63 bits per heavy atom. The molecule has 0 amide bonds. The van der Waals surface area contributed by atoms with Gasteiger partial charge in [-0.3, -0.25) is 9.58 Å². The molecule has 0 spiro atoms. The SMILES string of the molecule is CCN1CCCC1CNC(N)=NCc1ccnn1C. The van der Waals surface area contributed by atoms with Gasteiger partial charge in [-0.2, -0.15) is 5.10 Å². The molecule has 0 aromatic carbocycles. The monoisotopic (exact) mass is 264 g/mol. The van der Waals surface area contributed by atoms with E-state index in [0.717, 1.165) is 18.8 Å². The molecule has 1 aromatic heterocycles. The zero-order valence-corrected chi connectivity index (χ0v) is 11.8. The lowest BCUT2D eigenvalue weighted by atomic mass is 10.2. The van der Waals surface area contributed by atoms with Crippen LogP contribution in [0.4, 0.5) is 0 Å². The average molecular weight is 264 g/mol. The Morgan fingerprint density at radius 3 is 3.16 bits per heavy atom. The van der Waals surface area contributed by atoms with Crippen LogP contribution in [0.1, 0.15) is 25.5 Å². The summed E-state index contributed by atoms with van der Waals surface area (Å²) in [6, 6.07) is 2.54. The van der Waals surface area contributed by atoms with E-state index in [-0.39, 0.29) is 0 Å². The molecule has 0 saturated carbocycles. The lowest BCUT2D eigenvalue weighted by Crippen LogP contribution is -2.42. The van der Waals surface area contributed by atoms with Gasteiger partial charge in [0, 0.05) is 25.8 Å². The second kappa shape index (κ2) is 6.56. The summed E-state index contributed by atoms with van der Waals surface area (Å²) in [4.78, 5) is 6.83. The van der Waals surface area contributed by atoms with Crippen LogP contribution in [0.15, 0.2) is 17.3 Å². The molecule has 1 saturated heterocycles. The second-order valence-electron chi connectivity index (χ2n) is 4.95. The van der Waals surface area contributed by atoms with Crippen molar-refractivity contribution in [2.24, 2.45) is 17.8 Å². The fourth-order valence-electron chi connectivity index (χ4n) is 2.54. The van der Waals surface area contributed by atoms with E-state index in [9.17, 15) is 0 Å². The molecule has 19 heavy (non-hydrogen) atoms. The van der Waals surface area contributed by atoms with Crippen LogP contribution in [0, 0.1) is 0 Å². The minimum absolute atomic E-state index is 0.518. The molecule has 1 aliphatic rings. The molecule has 2 heterocycles. The summed E-state index contributed by atoms with van der Waals surface area (Å²) >= 11 is 0. The maximum Gasteiger partial charge on any atom is 0.189 e. The van der Waals surface area contributed by atoms with Crippen molar-refractivity contribution in [1.29, 1.82) is 0 Å². The van der Waals surface area contributed by atoms with Crippen molar-refractivity contribution in [2.45, 2.75) is 32.4 Å². The van der Waals surface area contributed by atoms with Crippen LogP contribution in [-0.2, 0) is 13.6 Å². The minimum Gasteiger partial charge on any atom is -0.370 e. The lowest BCUT2D eigenvalue weighted by Gasteiger charge is -2.23. The standard InChI is InChI=1S/C13H24N6/c1-3-19-8-4-5-12(19)10-16-13(14)15-9-11-6-7-17-18(11)2/h6-7,12H,3-5,8-10H2,1-2H3,(H3,14,15,16). The van der Waals surface area contributed by atoms with Crippen molar-refractivity contribution in [2.75, 3.05) is 19.6 Å². The van der Waals surface area contributed by atoms with Gasteiger partial charge in [-0.05, 0) is 32.0 Å². The van der Waals surface area contributed by atoms with Crippen molar-refractivity contribution in [3.05, 3.63) is 18.0 Å². The number of aryl methyl sites for hydroxylation is 1. The fraction of sp³-hybridized carbons (Fsp3) is 0.692. The van der Waals surface area contributed by atoms with Gasteiger partial charge >= 0.3 is 0 Å². The molecule has 0 aliphatic carbocycles. The van der Waals surface area contributed by atoms with E-state index in [4.69, 9.17) is 5.73 Å². The van der Waals surface area contributed by atoms with E-state index in [1.54, 1.807) is 6.20 Å². The van der Waals surface area contributed by atoms with Crippen LogP contribution in [0.5, 0.6) is 0 Å². The summed E-state index contributed by atoms with van der Waals surface area (Å²) in [6.07, 6.45) is 4.30. The first kappa shape index (κ1) is 13.9. The van der Waals surface area contributed by atoms with Crippen LogP contribution in [-0.4, -0.2) is 46.3 Å². The molecular formula is C13H24N6. The summed E-state index contributed by atoms with van der Waals surface area (Å²) in [5.74, 6) is 0.518. The molecular weight excluding hydrogens is 240 g/mol. The van der Waals surface area contributed by atoms with Gasteiger partial charge in [0.25, 0.3) is 0 Å². The van der Waals surface area contributed by atoms with E-state index in [1.807, 2.05) is 17.8 Å². The van der Waals surface area contributed by atoms with Gasteiger partial charge in [0.05, 0.1) is 12.2 Å². The summed E-state index contributed by atoms with van der Waals surface area (Å²) in [5.41, 5.74) is 6.95. The first-order valence-corrected chi connectivity index (χ1v) is 6.95. The van der Waals surface area contributed by atoms with Gasteiger partial charge in [0.15, 0.2) is 5.96 Å². The molecule has 6 heteroatoms. The average Bonchev–Trinajstić information content (AvgIpc) is 3.02. The number of hydrogen-bond donors (Lipinski definition) is 2. The molecule has 2 rings (SSSR count). The quantitative estimate of drug-likeness (QED) is 0.593. The van der Waals surface area contributed by atoms with Crippen molar-refractivity contribution in [1.82, 2.24) is 20.0 Å². The molecule has 1 unspecified atom stereocenters. The predicted octanol–water partition coefficient (Wildman–Crippen LogP) is 0.309. The normalized spacial score (nSPS) is 20.9. The second-order valence-corrected chi connectivity index (χ2v) is 4.95. The number of nitrogens with zero attached hydrogens (tertiary/aromatic N) is 4. The largest absolute Gasteiger partial charge is 0.370 e. The third-order valence-electron chi connectivity index (χ3n) is 3.76. The van der Waals surface area contributed by atoms with Gasteiger partial charge in [-0.1, -0.05) is 6.92 Å². The van der Waals surface area contributed by atoms with Crippen LogP contribution in [0.3, 0.4) is 0 Å². The van der Waals surface area contributed by atoms with Crippen molar-refractivity contribution in [3.63, 3.8) is 0 Å². The summed E-state index contributed by atoms with van der Waals surface area (Å²) < 4.78 is 1.81. The number of rotatable bonds is 5. The van der Waals surface area contributed by atoms with Gasteiger partial charge in [0.2, 0.25) is 0 Å². The first-order chi connectivity index (χ1) is 9.20. The Morgan fingerprint density at radius 2 is 2.47 bits per heavy atom. The molecule has 1 aliphatic heterocycles. The highest BCUT2D eigenvalue weighted by atomic mass is 15.3. The van der Waals surface area contributed by atoms with E-state index < -0.39 is 0 Å². The van der Waals surface area contributed by atoms with Crippen LogP contribution < -0.4 is 11.1 Å². The van der Waals surface area contributed by atoms with Crippen molar-refractivity contribution in [3.8, 4) is 0 Å². The number of aromatic nitrogens is 2. The molecule has 6 nitrogen and oxygen atoms in total. The Labute approximate surface area is 114 Å². The zero-order chi connectivity index (χ0) is 13.7. The molecule has 106 valence electrons.